The van der Waals surface area contributed by atoms with Gasteiger partial charge in [-0.3, -0.25) is 0 Å². The zero-order valence-corrected chi connectivity index (χ0v) is 6.22. The Labute approximate surface area is 63.1 Å². The summed E-state index contributed by atoms with van der Waals surface area (Å²) >= 11 is 1.04. The van der Waals surface area contributed by atoms with Crippen LogP contribution in [0.3, 0.4) is 0 Å². The molecule has 50 valence electrons. The average molecular weight is 151 g/mol. The highest BCUT2D eigenvalue weighted by atomic mass is 32.2. The van der Waals surface area contributed by atoms with Gasteiger partial charge in [0, 0.05) is 17.5 Å². The van der Waals surface area contributed by atoms with Crippen molar-refractivity contribution >= 4 is 11.8 Å². The van der Waals surface area contributed by atoms with Crippen LogP contribution < -0.4 is 0 Å². The van der Waals surface area contributed by atoms with Gasteiger partial charge in [-0.05, 0) is 13.0 Å². The molecule has 3 nitrogen and oxygen atoms in total. The molecule has 0 unspecified atom stereocenters. The van der Waals surface area contributed by atoms with Crippen LogP contribution in [0.25, 0.3) is 0 Å². The molecule has 0 saturated carbocycles. The summed E-state index contributed by atoms with van der Waals surface area (Å²) < 4.78 is 0. The van der Waals surface area contributed by atoms with Crippen LogP contribution in [-0.2, 0) is 0 Å². The van der Waals surface area contributed by atoms with Crippen molar-refractivity contribution in [1.82, 2.24) is 9.97 Å². The molecule has 0 atom stereocenters. The number of thiocyanates is 1. The highest BCUT2D eigenvalue weighted by Gasteiger charge is 1.92. The molecule has 1 aromatic heterocycles. The van der Waals surface area contributed by atoms with Gasteiger partial charge in [-0.25, -0.2) is 9.97 Å². The largest absolute Gasteiger partial charge is 0.242 e. The van der Waals surface area contributed by atoms with Crippen molar-refractivity contribution < 1.29 is 0 Å². The van der Waals surface area contributed by atoms with Gasteiger partial charge >= 0.3 is 0 Å². The van der Waals surface area contributed by atoms with E-state index in [1.54, 1.807) is 6.07 Å². The van der Waals surface area contributed by atoms with Crippen LogP contribution in [0, 0.1) is 17.6 Å². The first-order chi connectivity index (χ1) is 4.83. The van der Waals surface area contributed by atoms with E-state index in [0.717, 1.165) is 17.5 Å². The molecule has 0 spiro atoms. The van der Waals surface area contributed by atoms with E-state index in [-0.39, 0.29) is 0 Å². The van der Waals surface area contributed by atoms with Gasteiger partial charge in [0.25, 0.3) is 0 Å². The first-order valence-electron chi connectivity index (χ1n) is 2.67. The normalized spacial score (nSPS) is 8.80. The van der Waals surface area contributed by atoms with Crippen LogP contribution >= 0.6 is 11.8 Å². The zero-order chi connectivity index (χ0) is 7.40. The highest BCUT2D eigenvalue weighted by molar-refractivity contribution is 8.03. The molecule has 0 fully saturated rings. The first kappa shape index (κ1) is 7.03. The Bertz CT molecular complexity index is 266. The summed E-state index contributed by atoms with van der Waals surface area (Å²) in [5.41, 5.74) is 0.882. The number of aromatic nitrogens is 2. The molecule has 1 aromatic rings. The second kappa shape index (κ2) is 3.18. The lowest BCUT2D eigenvalue weighted by atomic mass is 10.5. The molecule has 0 aliphatic rings. The van der Waals surface area contributed by atoms with E-state index in [0.29, 0.717) is 5.03 Å². The lowest BCUT2D eigenvalue weighted by molar-refractivity contribution is 1.01. The fourth-order valence-corrected chi connectivity index (χ4v) is 0.956. The topological polar surface area (TPSA) is 49.6 Å². The minimum atomic E-state index is 0.704. The molecule has 0 aromatic carbocycles. The van der Waals surface area contributed by atoms with Crippen molar-refractivity contribution in [1.29, 1.82) is 5.26 Å². The predicted octanol–water partition coefficient (Wildman–Crippen LogP) is 1.36. The average Bonchev–Trinajstić information content (AvgIpc) is 1.88. The van der Waals surface area contributed by atoms with Gasteiger partial charge in [-0.1, -0.05) is 0 Å². The van der Waals surface area contributed by atoms with Gasteiger partial charge in [0.05, 0.1) is 0 Å². The third-order valence-electron chi connectivity index (χ3n) is 0.929. The third kappa shape index (κ3) is 1.71. The summed E-state index contributed by atoms with van der Waals surface area (Å²) in [4.78, 5) is 7.75. The number of hydrogen-bond acceptors (Lipinski definition) is 4. The fraction of sp³-hybridized carbons (Fsp3) is 0.167. The maximum atomic E-state index is 8.26. The SMILES string of the molecule is Cc1cc(SC#N)ncn1. The Balaban J connectivity index is 2.87. The van der Waals surface area contributed by atoms with Crippen molar-refractivity contribution in [3.05, 3.63) is 18.1 Å². The Kier molecular flexibility index (Phi) is 2.24. The fourth-order valence-electron chi connectivity index (χ4n) is 0.533. The van der Waals surface area contributed by atoms with Crippen molar-refractivity contribution in [2.24, 2.45) is 0 Å². The van der Waals surface area contributed by atoms with Crippen molar-refractivity contribution in [2.45, 2.75) is 11.9 Å². The zero-order valence-electron chi connectivity index (χ0n) is 5.40. The monoisotopic (exact) mass is 151 g/mol. The molecule has 0 bridgehead atoms. The number of nitriles is 1. The molecule has 0 saturated heterocycles. The molecule has 4 heteroatoms. The Morgan fingerprint density at radius 2 is 2.40 bits per heavy atom. The highest BCUT2D eigenvalue weighted by Crippen LogP contribution is 2.11. The summed E-state index contributed by atoms with van der Waals surface area (Å²) in [6.45, 7) is 1.86. The number of rotatable bonds is 1. The van der Waals surface area contributed by atoms with E-state index in [2.05, 4.69) is 9.97 Å². The number of hydrogen-bond donors (Lipinski definition) is 0. The number of aryl methyl sites for hydroxylation is 1. The van der Waals surface area contributed by atoms with Gasteiger partial charge in [0.2, 0.25) is 0 Å². The summed E-state index contributed by atoms with van der Waals surface area (Å²) in [6, 6.07) is 1.77. The number of thioether (sulfide) groups is 1. The predicted molar refractivity (Wildman–Crippen MR) is 38.2 cm³/mol. The second-order valence-electron chi connectivity index (χ2n) is 1.69. The molecule has 0 radical (unpaired) electrons. The molecule has 0 amide bonds. The summed E-state index contributed by atoms with van der Waals surface area (Å²) in [6.07, 6.45) is 1.45. The maximum Gasteiger partial charge on any atom is 0.140 e. The molecular formula is C6H5N3S. The van der Waals surface area contributed by atoms with Gasteiger partial charge < -0.3 is 0 Å². The maximum absolute atomic E-state index is 8.26. The minimum Gasteiger partial charge on any atom is -0.242 e. The lowest BCUT2D eigenvalue weighted by Crippen LogP contribution is -1.83. The molecule has 1 rings (SSSR count). The molecule has 10 heavy (non-hydrogen) atoms. The Morgan fingerprint density at radius 1 is 1.60 bits per heavy atom. The van der Waals surface area contributed by atoms with E-state index < -0.39 is 0 Å². The van der Waals surface area contributed by atoms with E-state index in [1.165, 1.54) is 6.33 Å². The molecule has 1 heterocycles. The van der Waals surface area contributed by atoms with Crippen molar-refractivity contribution in [3.63, 3.8) is 0 Å². The molecule has 0 aliphatic heterocycles. The molecule has 0 aliphatic carbocycles. The summed E-state index contributed by atoms with van der Waals surface area (Å²) in [7, 11) is 0. The first-order valence-corrected chi connectivity index (χ1v) is 3.49. The summed E-state index contributed by atoms with van der Waals surface area (Å²) in [5, 5.41) is 10.9. The van der Waals surface area contributed by atoms with Crippen LogP contribution in [-0.4, -0.2) is 9.97 Å². The van der Waals surface area contributed by atoms with Crippen LogP contribution in [0.1, 0.15) is 5.69 Å². The third-order valence-corrected chi connectivity index (χ3v) is 1.45. The molecule has 0 N–H and O–H groups in total. The van der Waals surface area contributed by atoms with E-state index in [4.69, 9.17) is 5.26 Å². The quantitative estimate of drug-likeness (QED) is 0.345. The van der Waals surface area contributed by atoms with Crippen LogP contribution in [0.5, 0.6) is 0 Å². The number of nitrogens with zero attached hydrogens (tertiary/aromatic N) is 3. The van der Waals surface area contributed by atoms with Gasteiger partial charge in [-0.2, -0.15) is 5.26 Å². The standard InChI is InChI=1S/C6H5N3S/c1-5-2-6(10-3-7)9-4-8-5/h2,4H,1H3. The van der Waals surface area contributed by atoms with E-state index in [9.17, 15) is 0 Å². The summed E-state index contributed by atoms with van der Waals surface area (Å²) in [5.74, 6) is 0. The van der Waals surface area contributed by atoms with Crippen LogP contribution in [0.4, 0.5) is 0 Å². The smallest absolute Gasteiger partial charge is 0.140 e. The Morgan fingerprint density at radius 3 is 3.00 bits per heavy atom. The van der Waals surface area contributed by atoms with E-state index in [1.807, 2.05) is 12.3 Å². The lowest BCUT2D eigenvalue weighted by Gasteiger charge is -1.91. The minimum absolute atomic E-state index is 0.704. The van der Waals surface area contributed by atoms with Crippen LogP contribution in [0.2, 0.25) is 0 Å². The second-order valence-corrected chi connectivity index (χ2v) is 2.50. The Hall–Kier alpha value is -1.08. The van der Waals surface area contributed by atoms with Crippen molar-refractivity contribution in [2.75, 3.05) is 0 Å². The van der Waals surface area contributed by atoms with E-state index >= 15 is 0 Å². The molecular weight excluding hydrogens is 146 g/mol. The van der Waals surface area contributed by atoms with Crippen LogP contribution in [0.15, 0.2) is 17.4 Å². The van der Waals surface area contributed by atoms with Gasteiger partial charge in [0.1, 0.15) is 16.8 Å². The van der Waals surface area contributed by atoms with Gasteiger partial charge in [-0.15, -0.1) is 0 Å². The van der Waals surface area contributed by atoms with Crippen molar-refractivity contribution in [3.8, 4) is 5.40 Å². The van der Waals surface area contributed by atoms with Gasteiger partial charge in [0.15, 0.2) is 0 Å².